The molecule has 0 unspecified atom stereocenters. The van der Waals surface area contributed by atoms with E-state index in [-0.39, 0.29) is 17.7 Å². The minimum Gasteiger partial charge on any atom is -0.481 e. The van der Waals surface area contributed by atoms with Gasteiger partial charge in [-0.3, -0.25) is 0 Å². The Hall–Kier alpha value is -3.13. The lowest BCUT2D eigenvalue weighted by molar-refractivity contribution is 0.0726. The maximum absolute atomic E-state index is 14.4. The van der Waals surface area contributed by atoms with Gasteiger partial charge >= 0.3 is 0 Å². The summed E-state index contributed by atoms with van der Waals surface area (Å²) in [5.41, 5.74) is -1.39. The molecule has 6 nitrogen and oxygen atoms in total. The van der Waals surface area contributed by atoms with Gasteiger partial charge in [-0.25, -0.2) is 23.4 Å². The SMILES string of the molecule is C=C(c1ccc(OC)nc1)[C@@](O)(Cn1cncn1)c1ccc(F)cc1F. The summed E-state index contributed by atoms with van der Waals surface area (Å²) in [7, 11) is 1.48. The van der Waals surface area contributed by atoms with E-state index in [9.17, 15) is 13.9 Å². The number of ether oxygens (including phenoxy) is 1. The largest absolute Gasteiger partial charge is 0.481 e. The number of methoxy groups -OCH3 is 1. The van der Waals surface area contributed by atoms with Crippen LogP contribution >= 0.6 is 0 Å². The van der Waals surface area contributed by atoms with Gasteiger partial charge in [0.15, 0.2) is 0 Å². The molecule has 134 valence electrons. The minimum absolute atomic E-state index is 0.129. The fourth-order valence-corrected chi connectivity index (χ4v) is 2.64. The van der Waals surface area contributed by atoms with Crippen molar-refractivity contribution in [1.82, 2.24) is 19.7 Å². The Morgan fingerprint density at radius 3 is 2.69 bits per heavy atom. The average Bonchev–Trinajstić information content (AvgIpc) is 3.13. The van der Waals surface area contributed by atoms with Crippen LogP contribution in [0.2, 0.25) is 0 Å². The first-order valence-corrected chi connectivity index (χ1v) is 7.64. The van der Waals surface area contributed by atoms with Crippen molar-refractivity contribution in [3.63, 3.8) is 0 Å². The van der Waals surface area contributed by atoms with Crippen LogP contribution in [-0.2, 0) is 12.1 Å². The molecule has 0 saturated heterocycles. The second-order valence-electron chi connectivity index (χ2n) is 5.65. The van der Waals surface area contributed by atoms with Gasteiger partial charge in [0.25, 0.3) is 0 Å². The Balaban J connectivity index is 2.08. The van der Waals surface area contributed by atoms with Crippen LogP contribution in [0.1, 0.15) is 11.1 Å². The molecule has 1 aromatic carbocycles. The van der Waals surface area contributed by atoms with Gasteiger partial charge in [0, 0.05) is 23.9 Å². The van der Waals surface area contributed by atoms with Crippen molar-refractivity contribution >= 4 is 5.57 Å². The summed E-state index contributed by atoms with van der Waals surface area (Å²) in [6.45, 7) is 3.75. The molecule has 1 atom stereocenters. The van der Waals surface area contributed by atoms with E-state index in [2.05, 4.69) is 21.6 Å². The molecule has 0 aliphatic rings. The molecule has 8 heteroatoms. The molecule has 3 aromatic rings. The zero-order valence-corrected chi connectivity index (χ0v) is 13.9. The number of hydrogen-bond donors (Lipinski definition) is 1. The molecule has 0 amide bonds. The fourth-order valence-electron chi connectivity index (χ4n) is 2.64. The number of pyridine rings is 1. The maximum Gasteiger partial charge on any atom is 0.212 e. The number of benzene rings is 1. The first-order valence-electron chi connectivity index (χ1n) is 7.64. The zero-order chi connectivity index (χ0) is 18.7. The van der Waals surface area contributed by atoms with Gasteiger partial charge in [-0.15, -0.1) is 0 Å². The summed E-state index contributed by atoms with van der Waals surface area (Å²) in [6.07, 6.45) is 4.12. The van der Waals surface area contributed by atoms with Gasteiger partial charge in [0.05, 0.1) is 13.7 Å². The molecule has 3 rings (SSSR count). The fraction of sp³-hybridized carbons (Fsp3) is 0.167. The third-order valence-corrected chi connectivity index (χ3v) is 4.03. The van der Waals surface area contributed by atoms with Crippen LogP contribution in [0.3, 0.4) is 0 Å². The second kappa shape index (κ2) is 7.01. The van der Waals surface area contributed by atoms with Gasteiger partial charge in [0.1, 0.15) is 29.9 Å². The predicted molar refractivity (Wildman–Crippen MR) is 90.1 cm³/mol. The van der Waals surface area contributed by atoms with E-state index in [1.54, 1.807) is 12.1 Å². The monoisotopic (exact) mass is 358 g/mol. The Bertz CT molecular complexity index is 913. The van der Waals surface area contributed by atoms with E-state index in [0.29, 0.717) is 17.5 Å². The van der Waals surface area contributed by atoms with Gasteiger partial charge < -0.3 is 9.84 Å². The smallest absolute Gasteiger partial charge is 0.212 e. The van der Waals surface area contributed by atoms with Crippen molar-refractivity contribution in [2.45, 2.75) is 12.1 Å². The van der Waals surface area contributed by atoms with Crippen molar-refractivity contribution < 1.29 is 18.6 Å². The summed E-state index contributed by atoms with van der Waals surface area (Å²) in [5, 5.41) is 15.3. The van der Waals surface area contributed by atoms with Crippen LogP contribution in [0.5, 0.6) is 5.88 Å². The molecule has 0 fully saturated rings. The normalized spacial score (nSPS) is 13.2. The molecule has 0 saturated carbocycles. The third-order valence-electron chi connectivity index (χ3n) is 4.03. The molecular formula is C18H16F2N4O2. The van der Waals surface area contributed by atoms with Crippen molar-refractivity contribution in [2.75, 3.05) is 7.11 Å². The molecule has 0 spiro atoms. The van der Waals surface area contributed by atoms with Crippen molar-refractivity contribution in [2.24, 2.45) is 0 Å². The third kappa shape index (κ3) is 3.31. The molecule has 0 aliphatic heterocycles. The topological polar surface area (TPSA) is 73.1 Å². The number of rotatable bonds is 6. The summed E-state index contributed by atoms with van der Waals surface area (Å²) >= 11 is 0. The molecule has 2 heterocycles. The summed E-state index contributed by atoms with van der Waals surface area (Å²) in [5.74, 6) is -1.25. The van der Waals surface area contributed by atoms with E-state index < -0.39 is 17.2 Å². The zero-order valence-electron chi connectivity index (χ0n) is 13.9. The lowest BCUT2D eigenvalue weighted by Crippen LogP contribution is -2.34. The number of halogens is 2. The van der Waals surface area contributed by atoms with Gasteiger partial charge in [0.2, 0.25) is 5.88 Å². The first-order chi connectivity index (χ1) is 12.4. The van der Waals surface area contributed by atoms with Gasteiger partial charge in [-0.2, -0.15) is 5.10 Å². The molecule has 0 radical (unpaired) electrons. The second-order valence-corrected chi connectivity index (χ2v) is 5.65. The standard InChI is InChI=1S/C18H16F2N4O2/c1-12(13-3-6-17(26-2)22-8-13)18(25,9-24-11-21-10-23-24)15-5-4-14(19)7-16(15)20/h3-8,10-11,25H,1,9H2,2H3/t18-/m0/s1. The quantitative estimate of drug-likeness (QED) is 0.733. The minimum atomic E-state index is -1.90. The average molecular weight is 358 g/mol. The van der Waals surface area contributed by atoms with Crippen LogP contribution < -0.4 is 4.74 Å². The van der Waals surface area contributed by atoms with Crippen LogP contribution in [-0.4, -0.2) is 32.0 Å². The number of nitrogens with zero attached hydrogens (tertiary/aromatic N) is 4. The summed E-state index contributed by atoms with van der Waals surface area (Å²) in [6, 6.07) is 6.20. The maximum atomic E-state index is 14.4. The molecule has 0 aliphatic carbocycles. The first kappa shape index (κ1) is 17.7. The summed E-state index contributed by atoms with van der Waals surface area (Å²) in [4.78, 5) is 7.90. The van der Waals surface area contributed by atoms with E-state index in [0.717, 1.165) is 6.07 Å². The number of hydrogen-bond acceptors (Lipinski definition) is 5. The van der Waals surface area contributed by atoms with Crippen molar-refractivity contribution in [3.8, 4) is 5.88 Å². The molecular weight excluding hydrogens is 342 g/mol. The highest BCUT2D eigenvalue weighted by atomic mass is 19.1. The predicted octanol–water partition coefficient (Wildman–Crippen LogP) is 2.56. The van der Waals surface area contributed by atoms with Crippen molar-refractivity contribution in [3.05, 3.63) is 78.5 Å². The Morgan fingerprint density at radius 1 is 1.31 bits per heavy atom. The van der Waals surface area contributed by atoms with Gasteiger partial charge in [-0.1, -0.05) is 6.58 Å². The number of aromatic nitrogens is 4. The lowest BCUT2D eigenvalue weighted by atomic mass is 9.83. The van der Waals surface area contributed by atoms with E-state index in [1.165, 1.54) is 36.7 Å². The highest BCUT2D eigenvalue weighted by Gasteiger charge is 2.37. The van der Waals surface area contributed by atoms with Crippen LogP contribution in [0.25, 0.3) is 5.57 Å². The molecule has 1 N–H and O–H groups in total. The molecule has 0 bridgehead atoms. The van der Waals surface area contributed by atoms with E-state index in [1.807, 2.05) is 0 Å². The summed E-state index contributed by atoms with van der Waals surface area (Å²) < 4.78 is 34.1. The van der Waals surface area contributed by atoms with E-state index in [4.69, 9.17) is 4.74 Å². The van der Waals surface area contributed by atoms with E-state index >= 15 is 0 Å². The Labute approximate surface area is 148 Å². The Kier molecular flexibility index (Phi) is 4.77. The highest BCUT2D eigenvalue weighted by Crippen LogP contribution is 2.38. The molecule has 26 heavy (non-hydrogen) atoms. The van der Waals surface area contributed by atoms with Crippen LogP contribution in [0, 0.1) is 11.6 Å². The van der Waals surface area contributed by atoms with Gasteiger partial charge in [-0.05, 0) is 29.3 Å². The van der Waals surface area contributed by atoms with Crippen molar-refractivity contribution in [1.29, 1.82) is 0 Å². The lowest BCUT2D eigenvalue weighted by Gasteiger charge is -2.31. The molecule has 2 aromatic heterocycles. The highest BCUT2D eigenvalue weighted by molar-refractivity contribution is 5.71. The van der Waals surface area contributed by atoms with Crippen LogP contribution in [0.15, 0.2) is 55.8 Å². The number of aliphatic hydroxyl groups is 1. The van der Waals surface area contributed by atoms with Crippen LogP contribution in [0.4, 0.5) is 8.78 Å². The Morgan fingerprint density at radius 2 is 2.12 bits per heavy atom.